The third-order valence-corrected chi connectivity index (χ3v) is 2.87. The van der Waals surface area contributed by atoms with E-state index < -0.39 is 0 Å². The Balaban J connectivity index is 2.53. The molecule has 2 rings (SSSR count). The van der Waals surface area contributed by atoms with Gasteiger partial charge in [-0.2, -0.15) is 0 Å². The van der Waals surface area contributed by atoms with Crippen molar-refractivity contribution >= 4 is 17.2 Å². The number of ketones is 1. The van der Waals surface area contributed by atoms with E-state index in [4.69, 9.17) is 0 Å². The molecule has 0 saturated heterocycles. The minimum Gasteiger partial charge on any atom is -0.387 e. The summed E-state index contributed by atoms with van der Waals surface area (Å²) in [4.78, 5) is 12.5. The molecule has 0 bridgehead atoms. The molecular weight excluding hydrogens is 224 g/mol. The van der Waals surface area contributed by atoms with Gasteiger partial charge in [-0.1, -0.05) is 36.4 Å². The summed E-state index contributed by atoms with van der Waals surface area (Å²) in [7, 11) is 3.63. The Bertz CT molecular complexity index is 527. The fraction of sp³-hybridized carbons (Fsp3) is 0.133. The second-order valence-electron chi connectivity index (χ2n) is 3.92. The predicted octanol–water partition coefficient (Wildman–Crippen LogP) is 3.00. The van der Waals surface area contributed by atoms with Crippen molar-refractivity contribution in [2.75, 3.05) is 24.7 Å². The summed E-state index contributed by atoms with van der Waals surface area (Å²) in [5.74, 6) is 0.0184. The number of nitrogens with one attached hydrogen (secondary N) is 2. The predicted molar refractivity (Wildman–Crippen MR) is 75.4 cm³/mol. The molecule has 0 atom stereocenters. The fourth-order valence-corrected chi connectivity index (χ4v) is 1.95. The van der Waals surface area contributed by atoms with Gasteiger partial charge in [0.2, 0.25) is 0 Å². The van der Waals surface area contributed by atoms with Gasteiger partial charge in [0.1, 0.15) is 0 Å². The number of benzene rings is 2. The standard InChI is InChI=1S/C15H16N2O/c1-16-12-9-6-10-13(17-2)14(12)15(18)11-7-4-3-5-8-11/h3-10,16-17H,1-2H3. The largest absolute Gasteiger partial charge is 0.387 e. The minimum atomic E-state index is 0.0184. The lowest BCUT2D eigenvalue weighted by atomic mass is 9.99. The molecule has 0 aromatic heterocycles. The Hall–Kier alpha value is -2.29. The maximum absolute atomic E-state index is 12.5. The topological polar surface area (TPSA) is 41.1 Å². The van der Waals surface area contributed by atoms with Crippen LogP contribution in [-0.2, 0) is 0 Å². The first-order valence-electron chi connectivity index (χ1n) is 5.86. The Kier molecular flexibility index (Phi) is 3.63. The Labute approximate surface area is 107 Å². The van der Waals surface area contributed by atoms with Crippen molar-refractivity contribution < 1.29 is 4.79 Å². The lowest BCUT2D eigenvalue weighted by molar-refractivity contribution is 0.104. The summed E-state index contributed by atoms with van der Waals surface area (Å²) in [5.41, 5.74) is 3.02. The third kappa shape index (κ3) is 2.20. The van der Waals surface area contributed by atoms with Crippen LogP contribution < -0.4 is 10.6 Å². The summed E-state index contributed by atoms with van der Waals surface area (Å²) in [6, 6.07) is 15.0. The van der Waals surface area contributed by atoms with Gasteiger partial charge >= 0.3 is 0 Å². The molecule has 0 saturated carbocycles. The van der Waals surface area contributed by atoms with Gasteiger partial charge in [-0.05, 0) is 12.1 Å². The van der Waals surface area contributed by atoms with Crippen LogP contribution in [-0.4, -0.2) is 19.9 Å². The second-order valence-corrected chi connectivity index (χ2v) is 3.92. The van der Waals surface area contributed by atoms with Gasteiger partial charge in [0.25, 0.3) is 0 Å². The number of hydrogen-bond acceptors (Lipinski definition) is 3. The Morgan fingerprint density at radius 2 is 1.39 bits per heavy atom. The third-order valence-electron chi connectivity index (χ3n) is 2.87. The van der Waals surface area contributed by atoms with Gasteiger partial charge in [-0.3, -0.25) is 4.79 Å². The zero-order chi connectivity index (χ0) is 13.0. The van der Waals surface area contributed by atoms with Gasteiger partial charge in [0.05, 0.1) is 5.56 Å². The zero-order valence-electron chi connectivity index (χ0n) is 10.5. The molecule has 18 heavy (non-hydrogen) atoms. The molecule has 3 nitrogen and oxygen atoms in total. The van der Waals surface area contributed by atoms with E-state index in [1.54, 1.807) is 0 Å². The summed E-state index contributed by atoms with van der Waals surface area (Å²) < 4.78 is 0. The van der Waals surface area contributed by atoms with Crippen LogP contribution >= 0.6 is 0 Å². The molecule has 2 aromatic carbocycles. The summed E-state index contributed by atoms with van der Waals surface area (Å²) in [5, 5.41) is 6.12. The second kappa shape index (κ2) is 5.36. The number of carbonyl (C=O) groups excluding carboxylic acids is 1. The molecule has 0 unspecified atom stereocenters. The maximum Gasteiger partial charge on any atom is 0.197 e. The highest BCUT2D eigenvalue weighted by atomic mass is 16.1. The SMILES string of the molecule is CNc1cccc(NC)c1C(=O)c1ccccc1. The fourth-order valence-electron chi connectivity index (χ4n) is 1.95. The maximum atomic E-state index is 12.5. The molecular formula is C15H16N2O. The lowest BCUT2D eigenvalue weighted by Gasteiger charge is -2.13. The normalized spacial score (nSPS) is 9.89. The Morgan fingerprint density at radius 3 is 1.89 bits per heavy atom. The van der Waals surface area contributed by atoms with Crippen LogP contribution in [0.15, 0.2) is 48.5 Å². The van der Waals surface area contributed by atoms with E-state index in [0.717, 1.165) is 11.4 Å². The zero-order valence-corrected chi connectivity index (χ0v) is 10.5. The number of rotatable bonds is 4. The number of hydrogen-bond donors (Lipinski definition) is 2. The van der Waals surface area contributed by atoms with Crippen LogP contribution in [0.3, 0.4) is 0 Å². The molecule has 3 heteroatoms. The molecule has 0 spiro atoms. The van der Waals surface area contributed by atoms with Gasteiger partial charge in [0.15, 0.2) is 5.78 Å². The van der Waals surface area contributed by atoms with E-state index in [2.05, 4.69) is 10.6 Å². The molecule has 0 fully saturated rings. The van der Waals surface area contributed by atoms with Crippen LogP contribution in [0.2, 0.25) is 0 Å². The molecule has 0 radical (unpaired) electrons. The average Bonchev–Trinajstić information content (AvgIpc) is 2.46. The van der Waals surface area contributed by atoms with Crippen LogP contribution in [0.1, 0.15) is 15.9 Å². The lowest BCUT2D eigenvalue weighted by Crippen LogP contribution is -2.09. The quantitative estimate of drug-likeness (QED) is 0.807. The average molecular weight is 240 g/mol. The molecule has 2 aromatic rings. The van der Waals surface area contributed by atoms with Crippen LogP contribution in [0, 0.1) is 0 Å². The van der Waals surface area contributed by atoms with Crippen LogP contribution in [0.5, 0.6) is 0 Å². The van der Waals surface area contributed by atoms with Crippen LogP contribution in [0.25, 0.3) is 0 Å². The summed E-state index contributed by atoms with van der Waals surface area (Å²) >= 11 is 0. The summed E-state index contributed by atoms with van der Waals surface area (Å²) in [6.45, 7) is 0. The van der Waals surface area contributed by atoms with E-state index in [-0.39, 0.29) is 5.78 Å². The van der Waals surface area contributed by atoms with Crippen molar-refractivity contribution in [1.82, 2.24) is 0 Å². The van der Waals surface area contributed by atoms with Crippen molar-refractivity contribution in [3.63, 3.8) is 0 Å². The van der Waals surface area contributed by atoms with Crippen molar-refractivity contribution in [1.29, 1.82) is 0 Å². The first-order chi connectivity index (χ1) is 8.77. The molecule has 0 aliphatic carbocycles. The van der Waals surface area contributed by atoms with Crippen molar-refractivity contribution in [2.45, 2.75) is 0 Å². The van der Waals surface area contributed by atoms with Gasteiger partial charge in [-0.25, -0.2) is 0 Å². The first-order valence-corrected chi connectivity index (χ1v) is 5.86. The van der Waals surface area contributed by atoms with E-state index in [0.29, 0.717) is 11.1 Å². The summed E-state index contributed by atoms with van der Waals surface area (Å²) in [6.07, 6.45) is 0. The van der Waals surface area contributed by atoms with Crippen molar-refractivity contribution in [3.8, 4) is 0 Å². The molecule has 0 heterocycles. The monoisotopic (exact) mass is 240 g/mol. The number of carbonyl (C=O) groups is 1. The van der Waals surface area contributed by atoms with Crippen molar-refractivity contribution in [3.05, 3.63) is 59.7 Å². The highest BCUT2D eigenvalue weighted by Gasteiger charge is 2.16. The minimum absolute atomic E-state index is 0.0184. The number of anilines is 2. The molecule has 0 aliphatic heterocycles. The smallest absolute Gasteiger partial charge is 0.197 e. The van der Waals surface area contributed by atoms with E-state index in [9.17, 15) is 4.79 Å². The molecule has 2 N–H and O–H groups in total. The van der Waals surface area contributed by atoms with Gasteiger partial charge < -0.3 is 10.6 Å². The molecule has 92 valence electrons. The first kappa shape index (κ1) is 12.2. The highest BCUT2D eigenvalue weighted by molar-refractivity contribution is 6.15. The van der Waals surface area contributed by atoms with E-state index in [1.807, 2.05) is 62.6 Å². The molecule has 0 aliphatic rings. The highest BCUT2D eigenvalue weighted by Crippen LogP contribution is 2.26. The van der Waals surface area contributed by atoms with Crippen LogP contribution in [0.4, 0.5) is 11.4 Å². The van der Waals surface area contributed by atoms with Gasteiger partial charge in [0, 0.05) is 31.0 Å². The Morgan fingerprint density at radius 1 is 0.833 bits per heavy atom. The van der Waals surface area contributed by atoms with Crippen molar-refractivity contribution in [2.24, 2.45) is 0 Å². The van der Waals surface area contributed by atoms with E-state index >= 15 is 0 Å². The molecule has 0 amide bonds. The van der Waals surface area contributed by atoms with Gasteiger partial charge in [-0.15, -0.1) is 0 Å². The van der Waals surface area contributed by atoms with E-state index in [1.165, 1.54) is 0 Å².